The van der Waals surface area contributed by atoms with Gasteiger partial charge >= 0.3 is 0 Å². The van der Waals surface area contributed by atoms with Crippen molar-refractivity contribution >= 4 is 5.97 Å². The Labute approximate surface area is 70.8 Å². The first-order valence-electron chi connectivity index (χ1n) is 3.70. The maximum atomic E-state index is 10.3. The van der Waals surface area contributed by atoms with Crippen molar-refractivity contribution in [2.75, 3.05) is 0 Å². The van der Waals surface area contributed by atoms with Crippen LogP contribution in [0.5, 0.6) is 0 Å². The maximum absolute atomic E-state index is 10.3. The van der Waals surface area contributed by atoms with Crippen LogP contribution in [0.15, 0.2) is 30.3 Å². The lowest BCUT2D eigenvalue weighted by Gasteiger charge is -2.11. The van der Waals surface area contributed by atoms with Gasteiger partial charge in [0.1, 0.15) is 0 Å². The topological polar surface area (TPSA) is 66.2 Å². The molecule has 2 N–H and O–H groups in total. The lowest BCUT2D eigenvalue weighted by atomic mass is 10.1. The third kappa shape index (κ3) is 2.36. The Morgan fingerprint density at radius 3 is 2.50 bits per heavy atom. The molecule has 1 aromatic rings. The number of rotatable bonds is 3. The summed E-state index contributed by atoms with van der Waals surface area (Å²) in [6, 6.07) is 8.32. The van der Waals surface area contributed by atoms with E-state index in [0.717, 1.165) is 5.56 Å². The van der Waals surface area contributed by atoms with Gasteiger partial charge in [0.25, 0.3) is 0 Å². The Balaban J connectivity index is 2.58. The van der Waals surface area contributed by atoms with Gasteiger partial charge in [-0.1, -0.05) is 30.3 Å². The van der Waals surface area contributed by atoms with E-state index in [1.54, 1.807) is 0 Å². The van der Waals surface area contributed by atoms with Gasteiger partial charge in [-0.25, -0.2) is 0 Å². The van der Waals surface area contributed by atoms with Crippen LogP contribution < -0.4 is 10.8 Å². The zero-order valence-corrected chi connectivity index (χ0v) is 6.57. The Kier molecular flexibility index (Phi) is 2.82. The first-order valence-corrected chi connectivity index (χ1v) is 3.70. The van der Waals surface area contributed by atoms with E-state index in [1.165, 1.54) is 0 Å². The van der Waals surface area contributed by atoms with Crippen molar-refractivity contribution < 1.29 is 9.90 Å². The van der Waals surface area contributed by atoms with Crippen LogP contribution in [0, 0.1) is 0 Å². The van der Waals surface area contributed by atoms with Crippen LogP contribution >= 0.6 is 0 Å². The standard InChI is InChI=1S/C9H11NO2/c10-8(9(11)12)6-7-4-2-1-3-5-7/h1-5,8H,6,10H2,(H,11,12)/p-1. The van der Waals surface area contributed by atoms with E-state index in [9.17, 15) is 9.90 Å². The molecule has 0 saturated heterocycles. The Bertz CT molecular complexity index is 258. The fourth-order valence-corrected chi connectivity index (χ4v) is 0.951. The quantitative estimate of drug-likeness (QED) is 0.642. The lowest BCUT2D eigenvalue weighted by molar-refractivity contribution is -0.307. The minimum absolute atomic E-state index is 0.323. The van der Waals surface area contributed by atoms with E-state index in [-0.39, 0.29) is 0 Å². The van der Waals surface area contributed by atoms with Gasteiger partial charge in [0.15, 0.2) is 0 Å². The smallest absolute Gasteiger partial charge is 0.0585 e. The van der Waals surface area contributed by atoms with Crippen LogP contribution in [0.4, 0.5) is 0 Å². The third-order valence-corrected chi connectivity index (χ3v) is 1.60. The summed E-state index contributed by atoms with van der Waals surface area (Å²) in [7, 11) is 0. The number of carbonyl (C=O) groups is 1. The van der Waals surface area contributed by atoms with Crippen LogP contribution in [0.1, 0.15) is 5.56 Å². The van der Waals surface area contributed by atoms with Crippen molar-refractivity contribution in [2.24, 2.45) is 5.73 Å². The lowest BCUT2D eigenvalue weighted by Crippen LogP contribution is -2.43. The molecule has 0 aromatic heterocycles. The molecular weight excluding hydrogens is 154 g/mol. The zero-order valence-electron chi connectivity index (χ0n) is 6.57. The average Bonchev–Trinajstić information content (AvgIpc) is 2.06. The van der Waals surface area contributed by atoms with Crippen molar-refractivity contribution in [3.63, 3.8) is 0 Å². The van der Waals surface area contributed by atoms with Gasteiger partial charge in [-0.2, -0.15) is 0 Å². The largest absolute Gasteiger partial charge is 0.548 e. The van der Waals surface area contributed by atoms with Crippen LogP contribution in [-0.4, -0.2) is 12.0 Å². The monoisotopic (exact) mass is 164 g/mol. The van der Waals surface area contributed by atoms with Crippen LogP contribution in [0.2, 0.25) is 0 Å². The van der Waals surface area contributed by atoms with E-state index in [1.807, 2.05) is 30.3 Å². The van der Waals surface area contributed by atoms with Crippen LogP contribution in [-0.2, 0) is 11.2 Å². The first-order chi connectivity index (χ1) is 5.70. The van der Waals surface area contributed by atoms with Gasteiger partial charge in [0.05, 0.1) is 5.97 Å². The summed E-state index contributed by atoms with van der Waals surface area (Å²) >= 11 is 0. The van der Waals surface area contributed by atoms with Crippen molar-refractivity contribution in [1.29, 1.82) is 0 Å². The molecule has 0 spiro atoms. The molecular formula is C9H10NO2-. The van der Waals surface area contributed by atoms with Crippen molar-refractivity contribution in [3.8, 4) is 0 Å². The molecule has 0 radical (unpaired) electrons. The van der Waals surface area contributed by atoms with E-state index in [0.29, 0.717) is 6.42 Å². The van der Waals surface area contributed by atoms with Gasteiger partial charge in [-0.15, -0.1) is 0 Å². The van der Waals surface area contributed by atoms with Gasteiger partial charge in [0.2, 0.25) is 0 Å². The molecule has 3 nitrogen and oxygen atoms in total. The van der Waals surface area contributed by atoms with Crippen molar-refractivity contribution in [2.45, 2.75) is 12.5 Å². The van der Waals surface area contributed by atoms with Gasteiger partial charge in [0, 0.05) is 6.04 Å². The molecule has 0 fully saturated rings. The predicted octanol–water partition coefficient (Wildman–Crippen LogP) is -0.694. The van der Waals surface area contributed by atoms with Crippen molar-refractivity contribution in [3.05, 3.63) is 35.9 Å². The summed E-state index contributed by atoms with van der Waals surface area (Å²) in [5, 5.41) is 10.3. The first kappa shape index (κ1) is 8.74. The second-order valence-electron chi connectivity index (χ2n) is 2.62. The fourth-order valence-electron chi connectivity index (χ4n) is 0.951. The molecule has 0 aliphatic heterocycles. The fraction of sp³-hybridized carbons (Fsp3) is 0.222. The van der Waals surface area contributed by atoms with Gasteiger partial charge in [-0.3, -0.25) is 0 Å². The summed E-state index contributed by atoms with van der Waals surface area (Å²) in [6.07, 6.45) is 0.323. The number of carbonyl (C=O) groups excluding carboxylic acids is 1. The molecule has 1 atom stereocenters. The Morgan fingerprint density at radius 1 is 1.42 bits per heavy atom. The maximum Gasteiger partial charge on any atom is 0.0585 e. The Hall–Kier alpha value is -1.35. The number of benzene rings is 1. The highest BCUT2D eigenvalue weighted by Crippen LogP contribution is 2.00. The molecule has 1 unspecified atom stereocenters. The average molecular weight is 164 g/mol. The number of carboxylic acid groups (broad SMARTS) is 1. The number of aliphatic carboxylic acids is 1. The highest BCUT2D eigenvalue weighted by molar-refractivity contribution is 5.71. The second kappa shape index (κ2) is 3.88. The summed E-state index contributed by atoms with van der Waals surface area (Å²) in [5.74, 6) is -1.21. The summed E-state index contributed by atoms with van der Waals surface area (Å²) < 4.78 is 0. The Morgan fingerprint density at radius 2 is 2.00 bits per heavy atom. The SMILES string of the molecule is NC(Cc1ccccc1)C(=O)[O-]. The minimum atomic E-state index is -1.21. The van der Waals surface area contributed by atoms with Crippen LogP contribution in [0.3, 0.4) is 0 Å². The van der Waals surface area contributed by atoms with Gasteiger partial charge in [-0.05, 0) is 12.0 Å². The molecule has 0 saturated carbocycles. The van der Waals surface area contributed by atoms with Gasteiger partial charge < -0.3 is 15.6 Å². The summed E-state index contributed by atoms with van der Waals surface area (Å²) in [6.45, 7) is 0. The third-order valence-electron chi connectivity index (χ3n) is 1.60. The van der Waals surface area contributed by atoms with E-state index >= 15 is 0 Å². The second-order valence-corrected chi connectivity index (χ2v) is 2.62. The molecule has 1 aromatic carbocycles. The molecule has 3 heteroatoms. The molecule has 0 aliphatic rings. The molecule has 0 amide bonds. The highest BCUT2D eigenvalue weighted by Gasteiger charge is 2.03. The van der Waals surface area contributed by atoms with Crippen molar-refractivity contribution in [1.82, 2.24) is 0 Å². The molecule has 0 heterocycles. The van der Waals surface area contributed by atoms with E-state index in [4.69, 9.17) is 5.73 Å². The molecule has 12 heavy (non-hydrogen) atoms. The van der Waals surface area contributed by atoms with E-state index in [2.05, 4.69) is 0 Å². The molecule has 0 aliphatic carbocycles. The van der Waals surface area contributed by atoms with E-state index < -0.39 is 12.0 Å². The minimum Gasteiger partial charge on any atom is -0.548 e. The molecule has 1 rings (SSSR count). The number of carboxylic acids is 1. The normalized spacial score (nSPS) is 12.4. The molecule has 0 bridgehead atoms. The summed E-state index contributed by atoms with van der Waals surface area (Å²) in [5.41, 5.74) is 6.20. The number of hydrogen-bond donors (Lipinski definition) is 1. The summed E-state index contributed by atoms with van der Waals surface area (Å²) in [4.78, 5) is 10.3. The highest BCUT2D eigenvalue weighted by atomic mass is 16.4. The number of nitrogens with two attached hydrogens (primary N) is 1. The zero-order chi connectivity index (χ0) is 8.97. The molecule has 64 valence electrons. The predicted molar refractivity (Wildman–Crippen MR) is 43.1 cm³/mol. The number of hydrogen-bond acceptors (Lipinski definition) is 3. The van der Waals surface area contributed by atoms with Crippen LogP contribution in [0.25, 0.3) is 0 Å².